The number of nitrogens with zero attached hydrogens (tertiary/aromatic N) is 1. The molecule has 0 radical (unpaired) electrons. The SMILES string of the molecule is CC(C)(C)OC(=O)Nc1ccc(-c2c(C(=O)NC3CC3)c3cc(N)ccc3n2C(=O)OC(C)(C)C)cc1.Nc1ccc(-c2[nH]c3ccc(N)cc3c2C(=O)NC2CC2)cc1. The van der Waals surface area contributed by atoms with Gasteiger partial charge in [-0.2, -0.15) is 0 Å². The van der Waals surface area contributed by atoms with E-state index < -0.39 is 23.4 Å². The Hall–Kier alpha value is -6.96. The second kappa shape index (κ2) is 16.0. The van der Waals surface area contributed by atoms with Crippen molar-refractivity contribution in [2.45, 2.75) is 90.5 Å². The van der Waals surface area contributed by atoms with Crippen LogP contribution in [-0.4, -0.2) is 56.8 Å². The van der Waals surface area contributed by atoms with Crippen molar-refractivity contribution < 1.29 is 28.7 Å². The third-order valence-electron chi connectivity index (χ3n) is 9.67. The van der Waals surface area contributed by atoms with E-state index in [1.807, 2.05) is 42.5 Å². The van der Waals surface area contributed by atoms with Crippen LogP contribution in [0.2, 0.25) is 0 Å². The molecule has 2 aliphatic rings. The van der Waals surface area contributed by atoms with Crippen molar-refractivity contribution in [2.75, 3.05) is 22.5 Å². The maximum Gasteiger partial charge on any atom is 0.419 e. The van der Waals surface area contributed by atoms with E-state index in [1.165, 1.54) is 4.57 Å². The third-order valence-corrected chi connectivity index (χ3v) is 9.67. The molecule has 60 heavy (non-hydrogen) atoms. The monoisotopic (exact) mass is 812 g/mol. The van der Waals surface area contributed by atoms with E-state index in [2.05, 4.69) is 20.9 Å². The van der Waals surface area contributed by atoms with Gasteiger partial charge < -0.3 is 42.3 Å². The van der Waals surface area contributed by atoms with E-state index in [4.69, 9.17) is 26.7 Å². The fourth-order valence-electron chi connectivity index (χ4n) is 6.72. The first kappa shape index (κ1) is 41.2. The summed E-state index contributed by atoms with van der Waals surface area (Å²) in [5.74, 6) is -0.345. The second-order valence-electron chi connectivity index (χ2n) is 17.3. The van der Waals surface area contributed by atoms with Crippen LogP contribution < -0.4 is 33.2 Å². The molecule has 0 atom stereocenters. The zero-order valence-electron chi connectivity index (χ0n) is 34.7. The number of fused-ring (bicyclic) bond motifs is 2. The quantitative estimate of drug-likeness (QED) is 0.0764. The van der Waals surface area contributed by atoms with Gasteiger partial charge in [-0.25, -0.2) is 14.2 Å². The first-order valence-corrected chi connectivity index (χ1v) is 20.0. The molecule has 2 fully saturated rings. The summed E-state index contributed by atoms with van der Waals surface area (Å²) in [5, 5.41) is 10.2. The number of amides is 3. The van der Waals surface area contributed by atoms with E-state index >= 15 is 0 Å². The molecule has 312 valence electrons. The molecule has 0 bridgehead atoms. The molecular weight excluding hydrogens is 761 g/mol. The van der Waals surface area contributed by atoms with Crippen LogP contribution in [0.3, 0.4) is 0 Å². The van der Waals surface area contributed by atoms with Gasteiger partial charge in [-0.1, -0.05) is 24.3 Å². The number of anilines is 4. The number of hydrogen-bond donors (Lipinski definition) is 7. The normalized spacial score (nSPS) is 13.9. The Morgan fingerprint density at radius 1 is 0.633 bits per heavy atom. The van der Waals surface area contributed by atoms with Crippen LogP contribution in [0.1, 0.15) is 87.9 Å². The average molecular weight is 813 g/mol. The van der Waals surface area contributed by atoms with E-state index in [-0.39, 0.29) is 17.9 Å². The lowest BCUT2D eigenvalue weighted by Gasteiger charge is -2.21. The number of nitrogens with one attached hydrogen (secondary N) is 4. The molecule has 3 amide bonds. The van der Waals surface area contributed by atoms with Gasteiger partial charge >= 0.3 is 12.2 Å². The minimum absolute atomic E-state index is 0.0591. The summed E-state index contributed by atoms with van der Waals surface area (Å²) in [7, 11) is 0. The summed E-state index contributed by atoms with van der Waals surface area (Å²) in [5.41, 5.74) is 23.8. The number of carbonyl (C=O) groups excluding carboxylic acids is 4. The number of aromatic nitrogens is 2. The van der Waals surface area contributed by atoms with E-state index in [9.17, 15) is 19.2 Å². The minimum atomic E-state index is -0.754. The number of nitrogen functional groups attached to an aromatic ring is 3. The topological polar surface area (TPSA) is 222 Å². The van der Waals surface area contributed by atoms with Crippen LogP contribution in [0, 0.1) is 0 Å². The maximum absolute atomic E-state index is 13.5. The zero-order valence-corrected chi connectivity index (χ0v) is 34.7. The zero-order chi connectivity index (χ0) is 43.1. The summed E-state index contributed by atoms with van der Waals surface area (Å²) in [6.07, 6.45) is 2.74. The van der Waals surface area contributed by atoms with Crippen molar-refractivity contribution in [3.8, 4) is 22.5 Å². The van der Waals surface area contributed by atoms with Crippen LogP contribution in [-0.2, 0) is 9.47 Å². The van der Waals surface area contributed by atoms with Gasteiger partial charge in [0, 0.05) is 51.1 Å². The molecule has 14 nitrogen and oxygen atoms in total. The largest absolute Gasteiger partial charge is 0.444 e. The van der Waals surface area contributed by atoms with Gasteiger partial charge in [-0.3, -0.25) is 14.9 Å². The molecule has 14 heteroatoms. The van der Waals surface area contributed by atoms with Crippen molar-refractivity contribution in [2.24, 2.45) is 0 Å². The molecule has 0 aliphatic heterocycles. The summed E-state index contributed by atoms with van der Waals surface area (Å²) in [6.45, 7) is 10.7. The van der Waals surface area contributed by atoms with Crippen molar-refractivity contribution >= 4 is 68.6 Å². The van der Waals surface area contributed by atoms with E-state index in [0.29, 0.717) is 62.1 Å². The summed E-state index contributed by atoms with van der Waals surface area (Å²) in [6, 6.07) is 25.4. The molecule has 2 aromatic heterocycles. The Balaban J connectivity index is 0.000000201. The number of carbonyl (C=O) groups is 4. The van der Waals surface area contributed by atoms with E-state index in [1.54, 1.807) is 84.0 Å². The molecule has 0 spiro atoms. The number of benzene rings is 4. The number of aromatic amines is 1. The Bertz CT molecular complexity index is 2600. The fraction of sp³-hybridized carbons (Fsp3) is 0.304. The molecule has 0 unspecified atom stereocenters. The van der Waals surface area contributed by atoms with Crippen LogP contribution in [0.15, 0.2) is 84.9 Å². The first-order chi connectivity index (χ1) is 28.3. The minimum Gasteiger partial charge on any atom is -0.444 e. The average Bonchev–Trinajstić information content (AvgIpc) is 4.09. The number of nitrogens with two attached hydrogens (primary N) is 3. The van der Waals surface area contributed by atoms with Crippen LogP contribution in [0.5, 0.6) is 0 Å². The highest BCUT2D eigenvalue weighted by atomic mass is 16.6. The van der Waals surface area contributed by atoms with Crippen LogP contribution >= 0.6 is 0 Å². The molecule has 8 rings (SSSR count). The highest BCUT2D eigenvalue weighted by Crippen LogP contribution is 2.37. The molecule has 2 aliphatic carbocycles. The van der Waals surface area contributed by atoms with Crippen LogP contribution in [0.25, 0.3) is 44.3 Å². The van der Waals surface area contributed by atoms with Gasteiger partial charge in [0.1, 0.15) is 11.2 Å². The van der Waals surface area contributed by atoms with Gasteiger partial charge in [0.05, 0.1) is 28.0 Å². The summed E-state index contributed by atoms with van der Waals surface area (Å²) >= 11 is 0. The lowest BCUT2D eigenvalue weighted by atomic mass is 10.0. The summed E-state index contributed by atoms with van der Waals surface area (Å²) < 4.78 is 12.5. The molecule has 2 heterocycles. The molecule has 2 saturated carbocycles. The van der Waals surface area contributed by atoms with Gasteiger partial charge in [-0.15, -0.1) is 0 Å². The molecule has 0 saturated heterocycles. The van der Waals surface area contributed by atoms with Crippen molar-refractivity contribution in [3.63, 3.8) is 0 Å². The fourth-order valence-corrected chi connectivity index (χ4v) is 6.72. The van der Waals surface area contributed by atoms with Gasteiger partial charge in [0.15, 0.2) is 0 Å². The van der Waals surface area contributed by atoms with E-state index in [0.717, 1.165) is 47.8 Å². The predicted molar refractivity (Wildman–Crippen MR) is 237 cm³/mol. The lowest BCUT2D eigenvalue weighted by molar-refractivity contribution is 0.0545. The van der Waals surface area contributed by atoms with Gasteiger partial charge in [-0.05, 0) is 139 Å². The number of hydrogen-bond acceptors (Lipinski definition) is 9. The Morgan fingerprint density at radius 2 is 1.15 bits per heavy atom. The standard InChI is InChI=1S/C28H34N4O5.C18H18N4O/c1-27(2,3)36-25(34)31-19-10-7-16(8-11-19)23-22(24(33)30-18-12-13-18)20-15-17(29)9-14-21(20)32(23)26(35)37-28(4,5)6;19-11-3-1-10(2-4-11)17-16(18(23)21-13-6-7-13)14-9-12(20)5-8-15(14)22-17/h7-11,14-15,18H,12-13,29H2,1-6H3,(H,30,33)(H,31,34);1-5,8-9,13,22H,6-7,19-20H2,(H,21,23). The second-order valence-corrected chi connectivity index (χ2v) is 17.3. The Kier molecular flexibility index (Phi) is 11.0. The van der Waals surface area contributed by atoms with Crippen molar-refractivity contribution in [1.82, 2.24) is 20.2 Å². The first-order valence-electron chi connectivity index (χ1n) is 20.0. The third kappa shape index (κ3) is 9.66. The number of ether oxygens (including phenoxy) is 2. The molecule has 4 aromatic carbocycles. The van der Waals surface area contributed by atoms with Crippen molar-refractivity contribution in [3.05, 3.63) is 96.1 Å². The maximum atomic E-state index is 13.5. The highest BCUT2D eigenvalue weighted by Gasteiger charge is 2.33. The Labute approximate surface area is 348 Å². The van der Waals surface area contributed by atoms with Gasteiger partial charge in [0.25, 0.3) is 11.8 Å². The highest BCUT2D eigenvalue weighted by molar-refractivity contribution is 6.16. The molecule has 6 aromatic rings. The van der Waals surface area contributed by atoms with Gasteiger partial charge in [0.2, 0.25) is 0 Å². The van der Waals surface area contributed by atoms with Crippen molar-refractivity contribution in [1.29, 1.82) is 0 Å². The molecular formula is C46H52N8O6. The Morgan fingerprint density at radius 3 is 1.72 bits per heavy atom. The van der Waals surface area contributed by atoms with Crippen LogP contribution in [0.4, 0.5) is 32.3 Å². The summed E-state index contributed by atoms with van der Waals surface area (Å²) in [4.78, 5) is 55.3. The molecule has 10 N–H and O–H groups in total. The number of rotatable bonds is 7. The number of H-pyrrole nitrogens is 1. The smallest absolute Gasteiger partial charge is 0.419 e. The lowest BCUT2D eigenvalue weighted by Crippen LogP contribution is -2.28. The predicted octanol–water partition coefficient (Wildman–Crippen LogP) is 8.80.